The van der Waals surface area contributed by atoms with Gasteiger partial charge in [-0.3, -0.25) is 14.9 Å². The van der Waals surface area contributed by atoms with E-state index in [-0.39, 0.29) is 30.3 Å². The highest BCUT2D eigenvalue weighted by Crippen LogP contribution is 2.24. The highest BCUT2D eigenvalue weighted by Gasteiger charge is 2.43. The average Bonchev–Trinajstić information content (AvgIpc) is 3.18. The molecular weight excluding hydrogens is 360 g/mol. The number of carbonyl (C=O) groups is 3. The van der Waals surface area contributed by atoms with Crippen molar-refractivity contribution in [3.63, 3.8) is 0 Å². The van der Waals surface area contributed by atoms with E-state index in [0.29, 0.717) is 25.1 Å². The number of nitrogens with two attached hydrogens (primary N) is 1. The summed E-state index contributed by atoms with van der Waals surface area (Å²) in [6.07, 6.45) is 1.00. The zero-order valence-corrected chi connectivity index (χ0v) is 15.2. The molecule has 9 heteroatoms. The number of amides is 4. The molecule has 2 aliphatic heterocycles. The third-order valence-electron chi connectivity index (χ3n) is 4.71. The van der Waals surface area contributed by atoms with Gasteiger partial charge in [-0.25, -0.2) is 4.79 Å². The monoisotopic (exact) mass is 382 g/mol. The van der Waals surface area contributed by atoms with Crippen molar-refractivity contribution >= 4 is 30.3 Å². The second-order valence-electron chi connectivity index (χ2n) is 6.51. The third kappa shape index (κ3) is 3.98. The summed E-state index contributed by atoms with van der Waals surface area (Å²) in [5.41, 5.74) is 6.03. The van der Waals surface area contributed by atoms with E-state index in [4.69, 9.17) is 10.5 Å². The van der Waals surface area contributed by atoms with Crippen molar-refractivity contribution in [1.82, 2.24) is 16.0 Å². The molecule has 0 bridgehead atoms. The van der Waals surface area contributed by atoms with Crippen molar-refractivity contribution in [1.29, 1.82) is 0 Å². The number of carbonyl (C=O) groups excluding carboxylic acids is 3. The van der Waals surface area contributed by atoms with Crippen molar-refractivity contribution in [2.45, 2.75) is 44.1 Å². The van der Waals surface area contributed by atoms with Gasteiger partial charge in [0.05, 0.1) is 6.10 Å². The first-order chi connectivity index (χ1) is 11.9. The molecule has 2 saturated heterocycles. The summed E-state index contributed by atoms with van der Waals surface area (Å²) in [6, 6.07) is 6.66. The van der Waals surface area contributed by atoms with Crippen LogP contribution in [0.5, 0.6) is 0 Å². The number of rotatable bonds is 5. The predicted molar refractivity (Wildman–Crippen MR) is 96.5 cm³/mol. The van der Waals surface area contributed by atoms with Crippen LogP contribution in [0, 0.1) is 0 Å². The van der Waals surface area contributed by atoms with Gasteiger partial charge in [-0.15, -0.1) is 12.4 Å². The largest absolute Gasteiger partial charge is 0.364 e. The van der Waals surface area contributed by atoms with Crippen LogP contribution in [0.3, 0.4) is 0 Å². The standard InChI is InChI=1S/C17H22N4O4.ClH/c1-17(15(23)20-16(24)21-17)11-4-2-10(3-5-11)9-19-14(22)13-7-6-12(8-18)25-13;/h2-5,12-13H,6-9,18H2,1H3,(H,19,22)(H2,20,21,23,24);1H/t12-,13+,17?;/m1./s1. The molecule has 0 saturated carbocycles. The zero-order chi connectivity index (χ0) is 18.0. The lowest BCUT2D eigenvalue weighted by atomic mass is 9.91. The fourth-order valence-corrected chi connectivity index (χ4v) is 3.08. The predicted octanol–water partition coefficient (Wildman–Crippen LogP) is 0.286. The number of urea groups is 1. The van der Waals surface area contributed by atoms with Gasteiger partial charge in [0.15, 0.2) is 0 Å². The molecule has 142 valence electrons. The fourth-order valence-electron chi connectivity index (χ4n) is 3.08. The maximum Gasteiger partial charge on any atom is 0.322 e. The van der Waals surface area contributed by atoms with Crippen LogP contribution in [0.15, 0.2) is 24.3 Å². The van der Waals surface area contributed by atoms with Crippen LogP contribution in [0.1, 0.15) is 30.9 Å². The molecule has 5 N–H and O–H groups in total. The first-order valence-electron chi connectivity index (χ1n) is 8.28. The maximum absolute atomic E-state index is 12.1. The van der Waals surface area contributed by atoms with Crippen LogP contribution >= 0.6 is 12.4 Å². The van der Waals surface area contributed by atoms with Gasteiger partial charge in [0, 0.05) is 13.1 Å². The summed E-state index contributed by atoms with van der Waals surface area (Å²) >= 11 is 0. The van der Waals surface area contributed by atoms with Crippen LogP contribution in [0.25, 0.3) is 0 Å². The Labute approximate surface area is 157 Å². The summed E-state index contributed by atoms with van der Waals surface area (Å²) in [5.74, 6) is -0.527. The summed E-state index contributed by atoms with van der Waals surface area (Å²) in [5, 5.41) is 7.69. The third-order valence-corrected chi connectivity index (χ3v) is 4.71. The molecule has 1 aromatic carbocycles. The normalized spacial score (nSPS) is 27.5. The Hall–Kier alpha value is -2.16. The molecule has 8 nitrogen and oxygen atoms in total. The summed E-state index contributed by atoms with van der Waals surface area (Å²) < 4.78 is 5.56. The number of benzene rings is 1. The molecule has 3 rings (SSSR count). The number of imide groups is 1. The van der Waals surface area contributed by atoms with Crippen LogP contribution < -0.4 is 21.7 Å². The van der Waals surface area contributed by atoms with E-state index in [0.717, 1.165) is 12.0 Å². The molecule has 0 aliphatic carbocycles. The first-order valence-corrected chi connectivity index (χ1v) is 8.28. The number of halogens is 1. The van der Waals surface area contributed by atoms with Gasteiger partial charge in [0.25, 0.3) is 5.91 Å². The lowest BCUT2D eigenvalue weighted by Crippen LogP contribution is -2.40. The van der Waals surface area contributed by atoms with Gasteiger partial charge in [-0.05, 0) is 30.9 Å². The van der Waals surface area contributed by atoms with E-state index in [1.165, 1.54) is 0 Å². The molecule has 4 amide bonds. The Morgan fingerprint density at radius 3 is 2.54 bits per heavy atom. The number of ether oxygens (including phenoxy) is 1. The Kier molecular flexibility index (Phi) is 6.22. The highest BCUT2D eigenvalue weighted by molar-refractivity contribution is 6.07. The van der Waals surface area contributed by atoms with Crippen molar-refractivity contribution in [2.75, 3.05) is 6.54 Å². The van der Waals surface area contributed by atoms with Gasteiger partial charge in [0.2, 0.25) is 5.91 Å². The van der Waals surface area contributed by atoms with Crippen LogP contribution in [-0.4, -0.2) is 36.6 Å². The Morgan fingerprint density at radius 2 is 2.00 bits per heavy atom. The minimum absolute atomic E-state index is 0. The van der Waals surface area contributed by atoms with E-state index in [2.05, 4.69) is 16.0 Å². The van der Waals surface area contributed by atoms with Gasteiger partial charge < -0.3 is 21.1 Å². The van der Waals surface area contributed by atoms with Crippen molar-refractivity contribution in [3.8, 4) is 0 Å². The molecule has 2 aliphatic rings. The number of nitrogens with one attached hydrogen (secondary N) is 3. The van der Waals surface area contributed by atoms with Gasteiger partial charge in [0.1, 0.15) is 11.6 Å². The first kappa shape index (κ1) is 20.2. The molecule has 26 heavy (non-hydrogen) atoms. The molecule has 3 atom stereocenters. The average molecular weight is 383 g/mol. The molecule has 0 radical (unpaired) electrons. The molecule has 1 aromatic rings. The highest BCUT2D eigenvalue weighted by atomic mass is 35.5. The van der Waals surface area contributed by atoms with Crippen LogP contribution in [0.4, 0.5) is 4.79 Å². The second kappa shape index (κ2) is 8.03. The van der Waals surface area contributed by atoms with Crippen molar-refractivity contribution in [3.05, 3.63) is 35.4 Å². The molecule has 2 heterocycles. The lowest BCUT2D eigenvalue weighted by Gasteiger charge is -2.21. The van der Waals surface area contributed by atoms with E-state index < -0.39 is 17.7 Å². The zero-order valence-electron chi connectivity index (χ0n) is 14.4. The molecule has 0 spiro atoms. The topological polar surface area (TPSA) is 123 Å². The summed E-state index contributed by atoms with van der Waals surface area (Å²) in [6.45, 7) is 2.44. The maximum atomic E-state index is 12.1. The van der Waals surface area contributed by atoms with Gasteiger partial charge >= 0.3 is 6.03 Å². The van der Waals surface area contributed by atoms with E-state index in [9.17, 15) is 14.4 Å². The van der Waals surface area contributed by atoms with Crippen LogP contribution in [-0.2, 0) is 26.4 Å². The quantitative estimate of drug-likeness (QED) is 0.545. The lowest BCUT2D eigenvalue weighted by molar-refractivity contribution is -0.132. The Balaban J connectivity index is 0.00000243. The molecule has 0 aromatic heterocycles. The Bertz CT molecular complexity index is 697. The van der Waals surface area contributed by atoms with E-state index in [1.54, 1.807) is 19.1 Å². The summed E-state index contributed by atoms with van der Waals surface area (Å²) in [7, 11) is 0. The van der Waals surface area contributed by atoms with Gasteiger partial charge in [-0.2, -0.15) is 0 Å². The number of hydrogen-bond acceptors (Lipinski definition) is 5. The van der Waals surface area contributed by atoms with Crippen molar-refractivity contribution < 1.29 is 19.1 Å². The number of hydrogen-bond donors (Lipinski definition) is 4. The smallest absolute Gasteiger partial charge is 0.322 e. The Morgan fingerprint density at radius 1 is 1.31 bits per heavy atom. The minimum Gasteiger partial charge on any atom is -0.364 e. The fraction of sp³-hybridized carbons (Fsp3) is 0.471. The molecular formula is C17H23ClN4O4. The van der Waals surface area contributed by atoms with Gasteiger partial charge in [-0.1, -0.05) is 24.3 Å². The van der Waals surface area contributed by atoms with E-state index >= 15 is 0 Å². The van der Waals surface area contributed by atoms with Crippen LogP contribution in [0.2, 0.25) is 0 Å². The summed E-state index contributed by atoms with van der Waals surface area (Å²) in [4.78, 5) is 35.4. The SMILES string of the molecule is CC1(c2ccc(CNC(=O)[C@@H]3CC[C@H](CN)O3)cc2)NC(=O)NC1=O.Cl. The van der Waals surface area contributed by atoms with Crippen molar-refractivity contribution in [2.24, 2.45) is 5.73 Å². The molecule has 1 unspecified atom stereocenters. The van der Waals surface area contributed by atoms with E-state index in [1.807, 2.05) is 12.1 Å². The molecule has 2 fully saturated rings. The second-order valence-corrected chi connectivity index (χ2v) is 6.51. The minimum atomic E-state index is -1.08.